The second-order valence-corrected chi connectivity index (χ2v) is 6.05. The van der Waals surface area contributed by atoms with Crippen LogP contribution in [0.5, 0.6) is 0 Å². The number of hydrogen-bond donors (Lipinski definition) is 1. The van der Waals surface area contributed by atoms with E-state index in [1.54, 1.807) is 0 Å². The number of carbonyl (C=O) groups is 1. The van der Waals surface area contributed by atoms with Gasteiger partial charge in [0.1, 0.15) is 5.78 Å². The Morgan fingerprint density at radius 2 is 1.85 bits per heavy atom. The van der Waals surface area contributed by atoms with Crippen LogP contribution in [0.3, 0.4) is 0 Å². The molecule has 0 amide bonds. The van der Waals surface area contributed by atoms with Gasteiger partial charge in [-0.25, -0.2) is 8.78 Å². The smallest absolute Gasteiger partial charge is 0.159 e. The quantitative estimate of drug-likeness (QED) is 0.921. The number of halogens is 2. The Morgan fingerprint density at radius 1 is 1.15 bits per heavy atom. The number of rotatable bonds is 3. The predicted molar refractivity (Wildman–Crippen MR) is 72.4 cm³/mol. The zero-order valence-corrected chi connectivity index (χ0v) is 11.4. The summed E-state index contributed by atoms with van der Waals surface area (Å²) in [5, 5.41) is 3.56. The van der Waals surface area contributed by atoms with Gasteiger partial charge in [-0.2, -0.15) is 0 Å². The van der Waals surface area contributed by atoms with E-state index in [0.717, 1.165) is 37.8 Å². The second-order valence-electron chi connectivity index (χ2n) is 6.05. The van der Waals surface area contributed by atoms with Crippen molar-refractivity contribution in [2.45, 2.75) is 50.6 Å². The van der Waals surface area contributed by atoms with Gasteiger partial charge in [0, 0.05) is 24.4 Å². The van der Waals surface area contributed by atoms with Crippen molar-refractivity contribution in [2.75, 3.05) is 0 Å². The van der Waals surface area contributed by atoms with E-state index in [1.807, 2.05) is 0 Å². The van der Waals surface area contributed by atoms with Crippen molar-refractivity contribution in [1.29, 1.82) is 0 Å². The fraction of sp³-hybridized carbons (Fsp3) is 0.562. The zero-order valence-electron chi connectivity index (χ0n) is 11.4. The summed E-state index contributed by atoms with van der Waals surface area (Å²) in [6, 6.07) is 4.64. The Morgan fingerprint density at radius 3 is 2.50 bits per heavy atom. The van der Waals surface area contributed by atoms with Gasteiger partial charge in [-0.3, -0.25) is 4.79 Å². The van der Waals surface area contributed by atoms with Crippen molar-refractivity contribution >= 4 is 5.78 Å². The standard InChI is InChI=1S/C16H19F2NO/c17-14-5-4-10(6-15(14)18)7-16(20)11-8-12-2-1-3-13(9-11)19-12/h4-6,11-13,19H,1-3,7-9H2. The lowest BCUT2D eigenvalue weighted by Gasteiger charge is -2.39. The van der Waals surface area contributed by atoms with Crippen molar-refractivity contribution in [3.63, 3.8) is 0 Å². The van der Waals surface area contributed by atoms with Crippen LogP contribution in [0.15, 0.2) is 18.2 Å². The number of nitrogens with one attached hydrogen (secondary N) is 1. The van der Waals surface area contributed by atoms with Crippen molar-refractivity contribution in [3.8, 4) is 0 Å². The van der Waals surface area contributed by atoms with Crippen molar-refractivity contribution < 1.29 is 13.6 Å². The van der Waals surface area contributed by atoms with Gasteiger partial charge in [-0.05, 0) is 43.4 Å². The SMILES string of the molecule is O=C(Cc1ccc(F)c(F)c1)C1CC2CCCC(C1)N2. The molecule has 2 saturated heterocycles. The van der Waals surface area contributed by atoms with Crippen LogP contribution < -0.4 is 5.32 Å². The number of Topliss-reactive ketones (excluding diaryl/α,β-unsaturated/α-hetero) is 1. The highest BCUT2D eigenvalue weighted by atomic mass is 19.2. The van der Waals surface area contributed by atoms with Crippen LogP contribution in [0.2, 0.25) is 0 Å². The average Bonchev–Trinajstić information content (AvgIpc) is 2.42. The minimum absolute atomic E-state index is 0.0691. The third-order valence-electron chi connectivity index (χ3n) is 4.53. The monoisotopic (exact) mass is 279 g/mol. The van der Waals surface area contributed by atoms with Crippen LogP contribution in [0.4, 0.5) is 8.78 Å². The molecule has 1 N–H and O–H groups in total. The Balaban J connectivity index is 1.65. The number of fused-ring (bicyclic) bond motifs is 2. The number of hydrogen-bond acceptors (Lipinski definition) is 2. The molecule has 0 aliphatic carbocycles. The fourth-order valence-electron chi connectivity index (χ4n) is 3.52. The first kappa shape index (κ1) is 13.7. The maximum absolute atomic E-state index is 13.2. The van der Waals surface area contributed by atoms with Crippen molar-refractivity contribution in [2.24, 2.45) is 5.92 Å². The molecule has 108 valence electrons. The average molecular weight is 279 g/mol. The number of ketones is 1. The lowest BCUT2D eigenvalue weighted by atomic mass is 9.77. The molecule has 2 fully saturated rings. The third-order valence-corrected chi connectivity index (χ3v) is 4.53. The summed E-state index contributed by atoms with van der Waals surface area (Å²) in [4.78, 5) is 12.4. The highest BCUT2D eigenvalue weighted by Gasteiger charge is 2.34. The molecule has 1 aromatic carbocycles. The summed E-state index contributed by atoms with van der Waals surface area (Å²) in [6.07, 6.45) is 5.52. The molecule has 0 spiro atoms. The third kappa shape index (κ3) is 2.90. The molecule has 4 heteroatoms. The van der Waals surface area contributed by atoms with Gasteiger partial charge < -0.3 is 5.32 Å². The molecule has 1 aromatic rings. The van der Waals surface area contributed by atoms with Gasteiger partial charge in [0.2, 0.25) is 0 Å². The Labute approximate surface area is 117 Å². The molecule has 0 saturated carbocycles. The van der Waals surface area contributed by atoms with Crippen molar-refractivity contribution in [3.05, 3.63) is 35.4 Å². The number of piperidine rings is 2. The maximum Gasteiger partial charge on any atom is 0.159 e. The first-order valence-corrected chi connectivity index (χ1v) is 7.34. The molecule has 0 aromatic heterocycles. The summed E-state index contributed by atoms with van der Waals surface area (Å²) in [5.74, 6) is -1.51. The first-order valence-electron chi connectivity index (χ1n) is 7.34. The van der Waals surface area contributed by atoms with E-state index < -0.39 is 11.6 Å². The minimum Gasteiger partial charge on any atom is -0.311 e. The molecule has 2 aliphatic rings. The molecular formula is C16H19F2NO. The molecule has 2 nitrogen and oxygen atoms in total. The summed E-state index contributed by atoms with van der Waals surface area (Å²) < 4.78 is 26.0. The largest absolute Gasteiger partial charge is 0.311 e. The molecule has 2 unspecified atom stereocenters. The van der Waals surface area contributed by atoms with E-state index in [2.05, 4.69) is 5.32 Å². The van der Waals surface area contributed by atoms with Gasteiger partial charge in [0.25, 0.3) is 0 Å². The van der Waals surface area contributed by atoms with E-state index in [1.165, 1.54) is 12.5 Å². The molecule has 0 radical (unpaired) electrons. The summed E-state index contributed by atoms with van der Waals surface area (Å²) in [5.41, 5.74) is 0.567. The Kier molecular flexibility index (Phi) is 3.83. The highest BCUT2D eigenvalue weighted by molar-refractivity contribution is 5.83. The van der Waals surface area contributed by atoms with Crippen LogP contribution in [-0.2, 0) is 11.2 Å². The fourth-order valence-corrected chi connectivity index (χ4v) is 3.52. The predicted octanol–water partition coefficient (Wildman–Crippen LogP) is 3.00. The molecule has 2 heterocycles. The van der Waals surface area contributed by atoms with Crippen LogP contribution >= 0.6 is 0 Å². The molecule has 2 atom stereocenters. The first-order chi connectivity index (χ1) is 9.61. The van der Waals surface area contributed by atoms with Gasteiger partial charge in [0.15, 0.2) is 11.6 Å². The van der Waals surface area contributed by atoms with E-state index in [0.29, 0.717) is 17.6 Å². The second kappa shape index (κ2) is 5.60. The number of benzene rings is 1. The van der Waals surface area contributed by atoms with Crippen LogP contribution in [-0.4, -0.2) is 17.9 Å². The lowest BCUT2D eigenvalue weighted by molar-refractivity contribution is -0.124. The Bertz CT molecular complexity index is 505. The molecule has 3 rings (SSSR count). The minimum atomic E-state index is -0.877. The topological polar surface area (TPSA) is 29.1 Å². The summed E-state index contributed by atoms with van der Waals surface area (Å²) >= 11 is 0. The van der Waals surface area contributed by atoms with E-state index in [9.17, 15) is 13.6 Å². The van der Waals surface area contributed by atoms with E-state index >= 15 is 0 Å². The van der Waals surface area contributed by atoms with E-state index in [-0.39, 0.29) is 18.1 Å². The van der Waals surface area contributed by atoms with Crippen LogP contribution in [0, 0.1) is 17.6 Å². The Hall–Kier alpha value is -1.29. The van der Waals surface area contributed by atoms with Gasteiger partial charge in [0.05, 0.1) is 0 Å². The van der Waals surface area contributed by atoms with Gasteiger partial charge >= 0.3 is 0 Å². The highest BCUT2D eigenvalue weighted by Crippen LogP contribution is 2.30. The van der Waals surface area contributed by atoms with Crippen LogP contribution in [0.1, 0.15) is 37.7 Å². The molecule has 20 heavy (non-hydrogen) atoms. The molecule has 2 aliphatic heterocycles. The summed E-state index contributed by atoms with van der Waals surface area (Å²) in [7, 11) is 0. The van der Waals surface area contributed by atoms with E-state index in [4.69, 9.17) is 0 Å². The van der Waals surface area contributed by atoms with Crippen molar-refractivity contribution in [1.82, 2.24) is 5.32 Å². The normalized spacial score (nSPS) is 29.2. The van der Waals surface area contributed by atoms with Gasteiger partial charge in [-0.1, -0.05) is 12.5 Å². The maximum atomic E-state index is 13.2. The zero-order chi connectivity index (χ0) is 14.1. The van der Waals surface area contributed by atoms with Crippen LogP contribution in [0.25, 0.3) is 0 Å². The van der Waals surface area contributed by atoms with Gasteiger partial charge in [-0.15, -0.1) is 0 Å². The number of carbonyl (C=O) groups excluding carboxylic acids is 1. The lowest BCUT2D eigenvalue weighted by Crippen LogP contribution is -2.50. The summed E-state index contributed by atoms with van der Waals surface area (Å²) in [6.45, 7) is 0. The molecular weight excluding hydrogens is 260 g/mol. The molecule has 2 bridgehead atoms.